The number of methoxy groups -OCH3 is 4. The molecule has 0 atom stereocenters. The molecule has 6 aromatic rings. The number of carboxylic acids is 1. The summed E-state index contributed by atoms with van der Waals surface area (Å²) in [5, 5.41) is 13.9. The molecule has 7 N–H and O–H groups in total. The van der Waals surface area contributed by atoms with Crippen LogP contribution in [0.5, 0.6) is 46.0 Å². The van der Waals surface area contributed by atoms with Gasteiger partial charge in [0, 0.05) is 43.6 Å². The molecular formula is C59H61N5O13. The summed E-state index contributed by atoms with van der Waals surface area (Å²) in [6, 6.07) is 37.6. The second kappa shape index (κ2) is 28.2. The van der Waals surface area contributed by atoms with Gasteiger partial charge in [-0.1, -0.05) is 48.5 Å². The fourth-order valence-corrected chi connectivity index (χ4v) is 8.00. The van der Waals surface area contributed by atoms with Crippen LogP contribution in [-0.2, 0) is 32.0 Å². The molecule has 0 aliphatic carbocycles. The molecule has 1 heterocycles. The van der Waals surface area contributed by atoms with Crippen LogP contribution in [0.4, 0.5) is 9.59 Å². The molecule has 77 heavy (non-hydrogen) atoms. The lowest BCUT2D eigenvalue weighted by molar-refractivity contribution is -0.130. The van der Waals surface area contributed by atoms with Crippen LogP contribution in [-0.4, -0.2) is 87.3 Å². The summed E-state index contributed by atoms with van der Waals surface area (Å²) in [5.74, 6) is 2.79. The van der Waals surface area contributed by atoms with E-state index in [1.807, 2.05) is 89.1 Å². The van der Waals surface area contributed by atoms with Crippen molar-refractivity contribution in [2.24, 2.45) is 11.5 Å². The van der Waals surface area contributed by atoms with E-state index in [-0.39, 0.29) is 24.3 Å². The first-order valence-corrected chi connectivity index (χ1v) is 24.5. The van der Waals surface area contributed by atoms with Gasteiger partial charge in [0.15, 0.2) is 0 Å². The number of hydrogen-bond donors (Lipinski definition) is 5. The van der Waals surface area contributed by atoms with E-state index in [4.69, 9.17) is 39.9 Å². The van der Waals surface area contributed by atoms with Crippen molar-refractivity contribution in [2.75, 3.05) is 41.5 Å². The van der Waals surface area contributed by atoms with Crippen LogP contribution in [0.25, 0.3) is 23.3 Å². The van der Waals surface area contributed by atoms with E-state index < -0.39 is 29.8 Å². The molecule has 7 rings (SSSR count). The largest absolute Gasteiger partial charge is 0.497 e. The Kier molecular flexibility index (Phi) is 20.8. The van der Waals surface area contributed by atoms with E-state index >= 15 is 0 Å². The average molecular weight is 1050 g/mol. The Morgan fingerprint density at radius 1 is 0.481 bits per heavy atom. The smallest absolute Gasteiger partial charge is 0.336 e. The Balaban J connectivity index is 0.000000252. The van der Waals surface area contributed by atoms with Gasteiger partial charge >= 0.3 is 18.0 Å². The van der Waals surface area contributed by atoms with Crippen LogP contribution in [0.15, 0.2) is 133 Å². The number of nitrogens with one attached hydrogen (secondary N) is 2. The summed E-state index contributed by atoms with van der Waals surface area (Å²) >= 11 is 0. The first kappa shape index (κ1) is 56.7. The summed E-state index contributed by atoms with van der Waals surface area (Å²) in [4.78, 5) is 72.2. The number of carbonyl (C=O) groups is 6. The number of aliphatic carboxylic acids is 1. The predicted octanol–water partition coefficient (Wildman–Crippen LogP) is 9.43. The Hall–Kier alpha value is -9.58. The highest BCUT2D eigenvalue weighted by Gasteiger charge is 2.22. The minimum absolute atomic E-state index is 0.0137. The highest BCUT2D eigenvalue weighted by atomic mass is 16.5. The van der Waals surface area contributed by atoms with Gasteiger partial charge in [-0.2, -0.15) is 0 Å². The molecule has 0 radical (unpaired) electrons. The highest BCUT2D eigenvalue weighted by molar-refractivity contribution is 6.24. The van der Waals surface area contributed by atoms with E-state index in [2.05, 4.69) is 5.32 Å². The number of likely N-dealkylation sites (tertiary alicyclic amines) is 1. The first-order chi connectivity index (χ1) is 37.1. The molecule has 0 unspecified atom stereocenters. The van der Waals surface area contributed by atoms with Crippen LogP contribution in [0.1, 0.15) is 65.5 Å². The number of imide groups is 2. The number of hydrogen-bond acceptors (Lipinski definition) is 12. The molecule has 6 aromatic carbocycles. The van der Waals surface area contributed by atoms with Crippen LogP contribution < -0.4 is 50.5 Å². The fourth-order valence-electron chi connectivity index (χ4n) is 8.00. The number of piperidine rings is 1. The number of urea groups is 2. The van der Waals surface area contributed by atoms with E-state index in [0.29, 0.717) is 75.5 Å². The molecule has 1 aliphatic rings. The van der Waals surface area contributed by atoms with Crippen molar-refractivity contribution >= 4 is 59.1 Å². The monoisotopic (exact) mass is 1050 g/mol. The number of ether oxygens (including phenoxy) is 6. The first-order valence-electron chi connectivity index (χ1n) is 24.5. The summed E-state index contributed by atoms with van der Waals surface area (Å²) < 4.78 is 33.2. The van der Waals surface area contributed by atoms with Gasteiger partial charge in [-0.05, 0) is 150 Å². The van der Waals surface area contributed by atoms with Crippen LogP contribution in [0.3, 0.4) is 0 Å². The maximum Gasteiger partial charge on any atom is 0.336 e. The summed E-state index contributed by atoms with van der Waals surface area (Å²) in [6.07, 6.45) is 7.74. The molecule has 7 amide bonds. The fraction of sp³-hybridized carbons (Fsp3) is 0.220. The predicted molar refractivity (Wildman–Crippen MR) is 291 cm³/mol. The second-order valence-corrected chi connectivity index (χ2v) is 17.4. The summed E-state index contributed by atoms with van der Waals surface area (Å²) in [7, 11) is 6.24. The van der Waals surface area contributed by atoms with Gasteiger partial charge in [0.25, 0.3) is 5.91 Å². The zero-order chi connectivity index (χ0) is 55.3. The molecule has 1 fully saturated rings. The lowest BCUT2D eigenvalue weighted by Crippen LogP contribution is -2.36. The lowest BCUT2D eigenvalue weighted by Gasteiger charge is -2.28. The molecule has 1 aliphatic heterocycles. The molecule has 0 bridgehead atoms. The number of benzene rings is 6. The standard InChI is InChI=1S/C32H35N3O6.C27H26N2O7/c1-39-27-18-23(19-28(21-27)40-2)20-29(31(37)35-16-4-3-5-17-35)24-9-13-26(14-10-24)41-25-11-6-22(7-12-25)8-15-30(36)34-32(33)38;1-34-22-13-18(14-23(16-22)35-2)15-24(26(31)32)19-6-10-21(11-7-19)36-20-8-3-17(4-9-20)5-12-25(30)29-27(28)33/h6-7,9-14,18-21H,3-5,8,15-17H2,1-2H3,(H3,33,34,36,38);3-4,6-11,13-16H,5,12H2,1-2H3,(H,31,32)(H3,28,29,30,33)/b29-20+;24-15+. The van der Waals surface area contributed by atoms with Crippen molar-refractivity contribution in [3.8, 4) is 46.0 Å². The second-order valence-electron chi connectivity index (χ2n) is 17.4. The molecule has 0 saturated carbocycles. The number of carbonyl (C=O) groups excluding carboxylic acids is 5. The van der Waals surface area contributed by atoms with Crippen LogP contribution in [0.2, 0.25) is 0 Å². The topological polar surface area (TPSA) is 257 Å². The Labute approximate surface area is 446 Å². The number of carboxylic acid groups (broad SMARTS) is 1. The van der Waals surface area contributed by atoms with Crippen molar-refractivity contribution in [3.05, 3.63) is 167 Å². The summed E-state index contributed by atoms with van der Waals surface area (Å²) in [6.45, 7) is 1.48. The highest BCUT2D eigenvalue weighted by Crippen LogP contribution is 2.32. The number of nitrogens with zero attached hydrogens (tertiary/aromatic N) is 1. The van der Waals surface area contributed by atoms with Crippen molar-refractivity contribution in [2.45, 2.75) is 44.9 Å². The Bertz CT molecular complexity index is 3030. The molecule has 400 valence electrons. The van der Waals surface area contributed by atoms with Gasteiger partial charge in [-0.3, -0.25) is 25.0 Å². The number of rotatable bonds is 20. The number of amides is 7. The third-order valence-corrected chi connectivity index (χ3v) is 11.9. The van der Waals surface area contributed by atoms with Crippen molar-refractivity contribution < 1.29 is 62.3 Å². The van der Waals surface area contributed by atoms with E-state index in [1.54, 1.807) is 81.0 Å². The lowest BCUT2D eigenvalue weighted by atomic mass is 9.99. The van der Waals surface area contributed by atoms with Gasteiger partial charge in [0.2, 0.25) is 11.8 Å². The average Bonchev–Trinajstić information content (AvgIpc) is 3.43. The molecular weight excluding hydrogens is 987 g/mol. The van der Waals surface area contributed by atoms with Gasteiger partial charge < -0.3 is 49.9 Å². The van der Waals surface area contributed by atoms with Gasteiger partial charge in [-0.25, -0.2) is 14.4 Å². The quantitative estimate of drug-likeness (QED) is 0.0353. The molecule has 0 spiro atoms. The number of aryl methyl sites for hydroxylation is 2. The minimum Gasteiger partial charge on any atom is -0.497 e. The minimum atomic E-state index is -1.08. The van der Waals surface area contributed by atoms with E-state index in [0.717, 1.165) is 54.6 Å². The van der Waals surface area contributed by atoms with Crippen molar-refractivity contribution in [3.63, 3.8) is 0 Å². The van der Waals surface area contributed by atoms with E-state index in [1.165, 1.54) is 14.2 Å². The Morgan fingerprint density at radius 3 is 1.16 bits per heavy atom. The molecule has 0 aromatic heterocycles. The number of primary amides is 2. The SMILES string of the molecule is COc1cc(/C=C(/C(=O)N2CCCCC2)c2ccc(Oc3ccc(CCC(=O)NC(N)=O)cc3)cc2)cc(OC)c1.COc1cc(/C=C(/C(=O)O)c2ccc(Oc3ccc(CCC(=O)NC(N)=O)cc3)cc2)cc(OC)c1. The third kappa shape index (κ3) is 17.8. The summed E-state index contributed by atoms with van der Waals surface area (Å²) in [5.41, 5.74) is 15.1. The normalized spacial score (nSPS) is 12.2. The van der Waals surface area contributed by atoms with E-state index in [9.17, 15) is 33.9 Å². The van der Waals surface area contributed by atoms with Gasteiger partial charge in [0.05, 0.1) is 34.0 Å². The molecule has 1 saturated heterocycles. The van der Waals surface area contributed by atoms with Crippen LogP contribution in [0, 0.1) is 0 Å². The zero-order valence-corrected chi connectivity index (χ0v) is 43.2. The van der Waals surface area contributed by atoms with Gasteiger partial charge in [-0.15, -0.1) is 0 Å². The number of nitrogens with two attached hydrogens (primary N) is 2. The maximum atomic E-state index is 13.7. The van der Waals surface area contributed by atoms with Crippen molar-refractivity contribution in [1.29, 1.82) is 0 Å². The molecule has 18 nitrogen and oxygen atoms in total. The zero-order valence-electron chi connectivity index (χ0n) is 43.2. The third-order valence-electron chi connectivity index (χ3n) is 11.9. The van der Waals surface area contributed by atoms with Crippen LogP contribution >= 0.6 is 0 Å². The molecule has 18 heteroatoms. The Morgan fingerprint density at radius 2 is 0.818 bits per heavy atom. The maximum absolute atomic E-state index is 13.7. The van der Waals surface area contributed by atoms with Crippen molar-refractivity contribution in [1.82, 2.24) is 15.5 Å². The van der Waals surface area contributed by atoms with Gasteiger partial charge in [0.1, 0.15) is 46.0 Å².